The lowest BCUT2D eigenvalue weighted by molar-refractivity contribution is 0.00530. The summed E-state index contributed by atoms with van der Waals surface area (Å²) in [6, 6.07) is 11.8. The minimum atomic E-state index is -0.523. The SMILES string of the molecule is CCOC(=O)c1nc2c(OC)c(CCCN3CCOCC3)cc(OC)c2c(OCOCc2ccccc2)c1C. The molecular weight excluding hydrogens is 500 g/mol. The molecule has 2 heterocycles. The Morgan fingerprint density at radius 3 is 2.54 bits per heavy atom. The Morgan fingerprint density at radius 1 is 1.08 bits per heavy atom. The number of pyridine rings is 1. The zero-order valence-electron chi connectivity index (χ0n) is 23.3. The lowest BCUT2D eigenvalue weighted by atomic mass is 10.0. The number of morpholine rings is 1. The van der Waals surface area contributed by atoms with Gasteiger partial charge >= 0.3 is 5.97 Å². The predicted octanol–water partition coefficient (Wildman–Crippen LogP) is 4.56. The molecule has 2 aromatic carbocycles. The first-order chi connectivity index (χ1) is 19.1. The second-order valence-corrected chi connectivity index (χ2v) is 9.28. The molecule has 1 saturated heterocycles. The number of methoxy groups -OCH3 is 2. The summed E-state index contributed by atoms with van der Waals surface area (Å²) < 4.78 is 34.4. The molecule has 1 fully saturated rings. The van der Waals surface area contributed by atoms with Crippen molar-refractivity contribution in [1.82, 2.24) is 9.88 Å². The lowest BCUT2D eigenvalue weighted by Gasteiger charge is -2.26. The molecule has 0 atom stereocenters. The molecule has 1 aliphatic rings. The van der Waals surface area contributed by atoms with E-state index in [1.807, 2.05) is 36.4 Å². The summed E-state index contributed by atoms with van der Waals surface area (Å²) in [6.07, 6.45) is 1.69. The highest BCUT2D eigenvalue weighted by atomic mass is 16.7. The zero-order valence-corrected chi connectivity index (χ0v) is 23.3. The van der Waals surface area contributed by atoms with Gasteiger partial charge < -0.3 is 28.4 Å². The van der Waals surface area contributed by atoms with Crippen molar-refractivity contribution in [2.75, 3.05) is 60.5 Å². The normalized spacial score (nSPS) is 13.8. The first-order valence-corrected chi connectivity index (χ1v) is 13.4. The number of aromatic nitrogens is 1. The number of benzene rings is 2. The molecular formula is C30H38N2O7. The van der Waals surface area contributed by atoms with Crippen molar-refractivity contribution < 1.29 is 33.2 Å². The maximum Gasteiger partial charge on any atom is 0.357 e. The van der Waals surface area contributed by atoms with Gasteiger partial charge in [-0.25, -0.2) is 9.78 Å². The topological polar surface area (TPSA) is 88.6 Å². The molecule has 0 aliphatic carbocycles. The Morgan fingerprint density at radius 2 is 1.85 bits per heavy atom. The van der Waals surface area contributed by atoms with Crippen LogP contribution in [0, 0.1) is 6.92 Å². The van der Waals surface area contributed by atoms with Crippen LogP contribution in [-0.2, 0) is 27.2 Å². The second-order valence-electron chi connectivity index (χ2n) is 9.28. The number of nitrogens with zero attached hydrogens (tertiary/aromatic N) is 2. The van der Waals surface area contributed by atoms with Crippen LogP contribution in [0.5, 0.6) is 17.2 Å². The van der Waals surface area contributed by atoms with Gasteiger partial charge in [-0.15, -0.1) is 0 Å². The predicted molar refractivity (Wildman–Crippen MR) is 148 cm³/mol. The Hall–Kier alpha value is -3.40. The highest BCUT2D eigenvalue weighted by Gasteiger charge is 2.26. The van der Waals surface area contributed by atoms with E-state index in [2.05, 4.69) is 4.90 Å². The number of ether oxygens (including phenoxy) is 6. The highest BCUT2D eigenvalue weighted by Crippen LogP contribution is 2.43. The van der Waals surface area contributed by atoms with Crippen molar-refractivity contribution in [3.05, 3.63) is 58.8 Å². The molecule has 1 aliphatic heterocycles. The molecule has 0 radical (unpaired) electrons. The zero-order chi connectivity index (χ0) is 27.6. The summed E-state index contributed by atoms with van der Waals surface area (Å²) in [4.78, 5) is 20.0. The third kappa shape index (κ3) is 6.98. The summed E-state index contributed by atoms with van der Waals surface area (Å²) in [5.74, 6) is 1.11. The second kappa shape index (κ2) is 14.1. The van der Waals surface area contributed by atoms with Gasteiger partial charge in [0.25, 0.3) is 0 Å². The van der Waals surface area contributed by atoms with Crippen LogP contribution in [0.2, 0.25) is 0 Å². The standard InChI is InChI=1S/C30H38N2O7/c1-5-38-30(33)26-21(2)28(39-20-37-19-22-10-7-6-8-11-22)25-24(34-3)18-23(29(35-4)27(25)31-26)12-9-13-32-14-16-36-17-15-32/h6-8,10-11,18H,5,9,12-17,19-20H2,1-4H3. The van der Waals surface area contributed by atoms with Gasteiger partial charge in [0.1, 0.15) is 22.8 Å². The first kappa shape index (κ1) is 28.6. The number of rotatable bonds is 13. The van der Waals surface area contributed by atoms with Gasteiger partial charge in [-0.05, 0) is 44.9 Å². The summed E-state index contributed by atoms with van der Waals surface area (Å²) in [6.45, 7) is 8.52. The number of hydrogen-bond donors (Lipinski definition) is 0. The monoisotopic (exact) mass is 538 g/mol. The molecule has 9 heteroatoms. The third-order valence-corrected chi connectivity index (χ3v) is 6.76. The van der Waals surface area contributed by atoms with E-state index in [0.29, 0.717) is 40.3 Å². The average Bonchev–Trinajstić information content (AvgIpc) is 2.96. The van der Waals surface area contributed by atoms with Crippen molar-refractivity contribution in [3.8, 4) is 17.2 Å². The maximum atomic E-state index is 12.9. The van der Waals surface area contributed by atoms with Crippen molar-refractivity contribution in [1.29, 1.82) is 0 Å². The van der Waals surface area contributed by atoms with Crippen LogP contribution in [-0.4, -0.2) is 76.3 Å². The van der Waals surface area contributed by atoms with E-state index in [1.165, 1.54) is 0 Å². The van der Waals surface area contributed by atoms with Gasteiger partial charge in [0.15, 0.2) is 12.5 Å². The summed E-state index contributed by atoms with van der Waals surface area (Å²) in [7, 11) is 3.23. The van der Waals surface area contributed by atoms with Crippen molar-refractivity contribution in [2.24, 2.45) is 0 Å². The molecule has 3 aromatic rings. The fraction of sp³-hybridized carbons (Fsp3) is 0.467. The van der Waals surface area contributed by atoms with E-state index >= 15 is 0 Å². The van der Waals surface area contributed by atoms with Crippen LogP contribution in [0.3, 0.4) is 0 Å². The molecule has 1 aromatic heterocycles. The Balaban J connectivity index is 1.68. The van der Waals surface area contributed by atoms with E-state index in [9.17, 15) is 4.79 Å². The molecule has 0 unspecified atom stereocenters. The Labute approximate surface area is 229 Å². The molecule has 0 bridgehead atoms. The smallest absolute Gasteiger partial charge is 0.357 e. The van der Waals surface area contributed by atoms with Gasteiger partial charge in [0.2, 0.25) is 0 Å². The fourth-order valence-corrected chi connectivity index (χ4v) is 4.80. The van der Waals surface area contributed by atoms with Crippen LogP contribution in [0.4, 0.5) is 0 Å². The van der Waals surface area contributed by atoms with Crippen LogP contribution in [0.1, 0.15) is 40.5 Å². The van der Waals surface area contributed by atoms with E-state index in [1.54, 1.807) is 28.1 Å². The van der Waals surface area contributed by atoms with Crippen molar-refractivity contribution >= 4 is 16.9 Å². The minimum Gasteiger partial charge on any atom is -0.496 e. The van der Waals surface area contributed by atoms with Crippen LogP contribution in [0.15, 0.2) is 36.4 Å². The largest absolute Gasteiger partial charge is 0.496 e. The summed E-state index contributed by atoms with van der Waals surface area (Å²) in [5.41, 5.74) is 3.20. The molecule has 0 N–H and O–H groups in total. The molecule has 210 valence electrons. The van der Waals surface area contributed by atoms with Crippen LogP contribution in [0.25, 0.3) is 10.9 Å². The Kier molecular flexibility index (Phi) is 10.4. The van der Waals surface area contributed by atoms with Gasteiger partial charge in [-0.1, -0.05) is 30.3 Å². The number of fused-ring (bicyclic) bond motifs is 1. The number of aryl methyl sites for hydroxylation is 1. The minimum absolute atomic E-state index is 0.0239. The number of carbonyl (C=O) groups excluding carboxylic acids is 1. The molecule has 0 spiro atoms. The van der Waals surface area contributed by atoms with Gasteiger partial charge in [0.05, 0.1) is 46.0 Å². The third-order valence-electron chi connectivity index (χ3n) is 6.76. The quantitative estimate of drug-likeness (QED) is 0.177. The number of esters is 1. The summed E-state index contributed by atoms with van der Waals surface area (Å²) in [5, 5.41) is 0.625. The van der Waals surface area contributed by atoms with E-state index in [0.717, 1.165) is 56.8 Å². The van der Waals surface area contributed by atoms with E-state index in [4.69, 9.17) is 33.4 Å². The molecule has 39 heavy (non-hydrogen) atoms. The van der Waals surface area contributed by atoms with Crippen molar-refractivity contribution in [3.63, 3.8) is 0 Å². The average molecular weight is 539 g/mol. The first-order valence-electron chi connectivity index (χ1n) is 13.4. The van der Waals surface area contributed by atoms with Gasteiger partial charge in [-0.2, -0.15) is 0 Å². The summed E-state index contributed by atoms with van der Waals surface area (Å²) >= 11 is 0. The van der Waals surface area contributed by atoms with Gasteiger partial charge in [-0.3, -0.25) is 4.90 Å². The highest BCUT2D eigenvalue weighted by molar-refractivity contribution is 6.01. The Bertz CT molecular complexity index is 1240. The molecule has 4 rings (SSSR count). The molecule has 0 saturated carbocycles. The van der Waals surface area contributed by atoms with E-state index in [-0.39, 0.29) is 19.1 Å². The van der Waals surface area contributed by atoms with Gasteiger partial charge in [0, 0.05) is 24.2 Å². The molecule has 0 amide bonds. The van der Waals surface area contributed by atoms with Crippen molar-refractivity contribution in [2.45, 2.75) is 33.3 Å². The van der Waals surface area contributed by atoms with Crippen LogP contribution >= 0.6 is 0 Å². The fourth-order valence-electron chi connectivity index (χ4n) is 4.80. The van der Waals surface area contributed by atoms with Crippen LogP contribution < -0.4 is 14.2 Å². The maximum absolute atomic E-state index is 12.9. The van der Waals surface area contributed by atoms with E-state index < -0.39 is 5.97 Å². The molecule has 9 nitrogen and oxygen atoms in total. The number of hydrogen-bond acceptors (Lipinski definition) is 9. The number of carbonyl (C=O) groups is 1. The lowest BCUT2D eigenvalue weighted by Crippen LogP contribution is -2.36.